The minimum atomic E-state index is -2.43. The SMILES string of the molecule is CO[C@H]1C[C@@H]2CC[C@@H](C)[C@@](O)(O2)C(=O)C(=O)N2CCCC[C@H]2C(=O)O[C@H]([C@H](C)C[C@@H]2CC[C@@H](O)[C@H](OC)C2)CC(=O)[C@H](C)C=C(C)[C@H](O)[C@@H](OC)C(=O)[C@@H](C)C[C@@H](C)/C=C/C=C/C=C/1C. The number of allylic oxidation sites excluding steroid dienone is 6. The molecule has 1 aliphatic carbocycles. The Morgan fingerprint density at radius 2 is 1.57 bits per heavy atom. The number of cyclic esters (lactones) is 1. The predicted octanol–water partition coefficient (Wildman–Crippen LogP) is 6.18. The van der Waals surface area contributed by atoms with Gasteiger partial charge < -0.3 is 43.9 Å². The van der Waals surface area contributed by atoms with Gasteiger partial charge in [-0.15, -0.1) is 0 Å². The molecule has 3 heterocycles. The molecule has 14 heteroatoms. The average Bonchev–Trinajstić information content (AvgIpc) is 3.28. The van der Waals surface area contributed by atoms with Crippen molar-refractivity contribution < 1.29 is 63.0 Å². The van der Waals surface area contributed by atoms with Crippen molar-refractivity contribution in [2.45, 2.75) is 180 Å². The van der Waals surface area contributed by atoms with E-state index in [0.717, 1.165) is 12.0 Å². The van der Waals surface area contributed by atoms with E-state index in [2.05, 4.69) is 0 Å². The van der Waals surface area contributed by atoms with Crippen molar-refractivity contribution in [1.82, 2.24) is 4.90 Å². The number of aliphatic hydroxyl groups excluding tert-OH is 2. The van der Waals surface area contributed by atoms with Crippen molar-refractivity contribution in [2.75, 3.05) is 27.9 Å². The molecule has 3 fully saturated rings. The Labute approximate surface area is 387 Å². The van der Waals surface area contributed by atoms with Crippen LogP contribution in [0.1, 0.15) is 126 Å². The average molecular weight is 914 g/mol. The molecule has 0 aromatic carbocycles. The summed E-state index contributed by atoms with van der Waals surface area (Å²) < 4.78 is 29.4. The van der Waals surface area contributed by atoms with Crippen LogP contribution in [0.3, 0.4) is 0 Å². The Morgan fingerprint density at radius 3 is 2.25 bits per heavy atom. The number of piperidine rings is 1. The highest BCUT2D eigenvalue weighted by Crippen LogP contribution is 2.38. The van der Waals surface area contributed by atoms with Gasteiger partial charge in [0.2, 0.25) is 5.79 Å². The summed E-state index contributed by atoms with van der Waals surface area (Å²) in [5, 5.41) is 33.8. The van der Waals surface area contributed by atoms with Crippen LogP contribution >= 0.6 is 0 Å². The minimum absolute atomic E-state index is 0.0193. The van der Waals surface area contributed by atoms with Crippen molar-refractivity contribution in [1.29, 1.82) is 0 Å². The lowest BCUT2D eigenvalue weighted by Gasteiger charge is -2.42. The summed E-state index contributed by atoms with van der Waals surface area (Å²) in [6, 6.07) is -1.14. The van der Waals surface area contributed by atoms with Gasteiger partial charge in [0.15, 0.2) is 5.78 Å². The number of fused-ring (bicyclic) bond motifs is 3. The van der Waals surface area contributed by atoms with E-state index >= 15 is 0 Å². The number of nitrogens with zero attached hydrogens (tertiary/aromatic N) is 1. The number of carbonyl (C=O) groups is 5. The van der Waals surface area contributed by atoms with Crippen LogP contribution in [0, 0.1) is 35.5 Å². The molecule has 2 saturated heterocycles. The maximum Gasteiger partial charge on any atom is 0.329 e. The summed E-state index contributed by atoms with van der Waals surface area (Å²) in [4.78, 5) is 71.8. The van der Waals surface area contributed by atoms with Crippen molar-refractivity contribution in [3.8, 4) is 0 Å². The molecule has 1 saturated carbocycles. The van der Waals surface area contributed by atoms with E-state index in [-0.39, 0.29) is 54.8 Å². The number of hydrogen-bond acceptors (Lipinski definition) is 13. The van der Waals surface area contributed by atoms with Crippen molar-refractivity contribution in [3.05, 3.63) is 47.6 Å². The number of rotatable bonds is 6. The van der Waals surface area contributed by atoms with E-state index in [9.17, 15) is 39.3 Å². The van der Waals surface area contributed by atoms with E-state index in [1.165, 1.54) is 12.0 Å². The topological polar surface area (TPSA) is 195 Å². The third-order valence-electron chi connectivity index (χ3n) is 14.5. The lowest BCUT2D eigenvalue weighted by Crippen LogP contribution is -2.61. The number of Topliss-reactive ketones (excluding diaryl/α,β-unsaturated/α-hetero) is 3. The first-order chi connectivity index (χ1) is 30.7. The van der Waals surface area contributed by atoms with Crippen LogP contribution in [0.4, 0.5) is 0 Å². The van der Waals surface area contributed by atoms with Gasteiger partial charge in [-0.2, -0.15) is 0 Å². The van der Waals surface area contributed by atoms with Crippen LogP contribution < -0.4 is 0 Å². The number of ether oxygens (including phenoxy) is 5. The highest BCUT2D eigenvalue weighted by Gasteiger charge is 2.53. The largest absolute Gasteiger partial charge is 0.460 e. The standard InChI is InChI=1S/C51H79NO13/c1-30-16-12-11-13-17-31(2)42(61-8)28-38-21-19-36(7)51(60,65-38)48(57)49(58)52-23-15-14-18-39(52)50(59)64-43(33(4)26-37-20-22-40(53)44(27-37)62-9)29-41(54)32(3)25-35(6)46(56)47(63-10)45(55)34(5)24-30/h11-13,16-17,25,30,32-34,36-40,42-44,46-47,53,56,60H,14-15,18-24,26-29H2,1-10H3/b13-11+,16-12+,31-17+,35-25?/t30-,32+,33+,34-,36+,37-,38-,39-,40+,42-,43-,44+,46-,47-,51+/m0/s1. The number of esters is 1. The van der Waals surface area contributed by atoms with Gasteiger partial charge in [-0.1, -0.05) is 71.1 Å². The second-order valence-electron chi connectivity index (χ2n) is 19.6. The fraction of sp³-hybridized carbons (Fsp3) is 0.745. The smallest absolute Gasteiger partial charge is 0.329 e. The van der Waals surface area contributed by atoms with Gasteiger partial charge in [0.05, 0.1) is 24.4 Å². The van der Waals surface area contributed by atoms with Crippen LogP contribution in [0.25, 0.3) is 0 Å². The molecular weight excluding hydrogens is 835 g/mol. The van der Waals surface area contributed by atoms with Gasteiger partial charge in [-0.25, -0.2) is 4.79 Å². The maximum absolute atomic E-state index is 14.4. The maximum atomic E-state index is 14.4. The van der Waals surface area contributed by atoms with Gasteiger partial charge in [0.1, 0.15) is 30.1 Å². The van der Waals surface area contributed by atoms with Gasteiger partial charge >= 0.3 is 5.97 Å². The molecule has 15 atom stereocenters. The minimum Gasteiger partial charge on any atom is -0.460 e. The summed E-state index contributed by atoms with van der Waals surface area (Å²) in [5.41, 5.74) is 1.27. The number of carbonyl (C=O) groups excluding carboxylic acids is 5. The van der Waals surface area contributed by atoms with Crippen LogP contribution in [0.2, 0.25) is 0 Å². The lowest BCUT2D eigenvalue weighted by atomic mass is 9.78. The molecule has 0 radical (unpaired) electrons. The molecule has 65 heavy (non-hydrogen) atoms. The second-order valence-corrected chi connectivity index (χ2v) is 19.6. The van der Waals surface area contributed by atoms with E-state index < -0.39 is 83.9 Å². The van der Waals surface area contributed by atoms with Gasteiger partial charge in [0, 0.05) is 58.5 Å². The Kier molecular flexibility index (Phi) is 21.0. The van der Waals surface area contributed by atoms with Gasteiger partial charge in [-0.3, -0.25) is 19.2 Å². The highest BCUT2D eigenvalue weighted by molar-refractivity contribution is 6.39. The number of methoxy groups -OCH3 is 3. The molecule has 1 amide bonds. The van der Waals surface area contributed by atoms with E-state index in [1.54, 1.807) is 41.1 Å². The molecule has 4 aliphatic rings. The molecule has 0 unspecified atom stereocenters. The van der Waals surface area contributed by atoms with Crippen LogP contribution in [-0.4, -0.2) is 132 Å². The fourth-order valence-electron chi connectivity index (χ4n) is 10.1. The van der Waals surface area contributed by atoms with Crippen LogP contribution in [0.5, 0.6) is 0 Å². The van der Waals surface area contributed by atoms with Crippen molar-refractivity contribution in [2.24, 2.45) is 35.5 Å². The first-order valence-electron chi connectivity index (χ1n) is 23.9. The lowest BCUT2D eigenvalue weighted by molar-refractivity contribution is -0.265. The Hall–Kier alpha value is -3.37. The molecule has 366 valence electrons. The zero-order valence-corrected chi connectivity index (χ0v) is 40.6. The van der Waals surface area contributed by atoms with Crippen molar-refractivity contribution in [3.63, 3.8) is 0 Å². The molecular formula is C51H79NO13. The third kappa shape index (κ3) is 14.3. The van der Waals surface area contributed by atoms with Gasteiger partial charge in [-0.05, 0) is 107 Å². The summed E-state index contributed by atoms with van der Waals surface area (Å²) in [5.74, 6) is -7.96. The summed E-state index contributed by atoms with van der Waals surface area (Å²) in [6.45, 7) is 12.7. The van der Waals surface area contributed by atoms with Gasteiger partial charge in [0.25, 0.3) is 11.7 Å². The monoisotopic (exact) mass is 914 g/mol. The molecule has 0 spiro atoms. The molecule has 3 N–H and O–H groups in total. The van der Waals surface area contributed by atoms with Crippen LogP contribution in [-0.2, 0) is 47.7 Å². The van der Waals surface area contributed by atoms with Crippen molar-refractivity contribution >= 4 is 29.2 Å². The van der Waals surface area contributed by atoms with E-state index in [0.29, 0.717) is 63.4 Å². The Morgan fingerprint density at radius 1 is 0.846 bits per heavy atom. The third-order valence-corrected chi connectivity index (χ3v) is 14.5. The predicted molar refractivity (Wildman–Crippen MR) is 245 cm³/mol. The molecule has 3 aliphatic heterocycles. The quantitative estimate of drug-likeness (QED) is 0.156. The molecule has 0 aromatic rings. The number of amides is 1. The Bertz CT molecular complexity index is 1760. The van der Waals surface area contributed by atoms with Crippen LogP contribution in [0.15, 0.2) is 47.6 Å². The molecule has 14 nitrogen and oxygen atoms in total. The first-order valence-corrected chi connectivity index (χ1v) is 23.9. The molecule has 4 rings (SSSR count). The highest BCUT2D eigenvalue weighted by atomic mass is 16.6. The molecule has 0 aromatic heterocycles. The summed E-state index contributed by atoms with van der Waals surface area (Å²) in [6.07, 6.45) is 11.2. The number of ketones is 3. The summed E-state index contributed by atoms with van der Waals surface area (Å²) >= 11 is 0. The summed E-state index contributed by atoms with van der Waals surface area (Å²) in [7, 11) is 4.52. The normalized spacial score (nSPS) is 39.6. The fourth-order valence-corrected chi connectivity index (χ4v) is 10.1. The number of aliphatic hydroxyl groups is 3. The second kappa shape index (κ2) is 25.1. The zero-order chi connectivity index (χ0) is 48.2. The molecule has 2 bridgehead atoms. The number of hydrogen-bond donors (Lipinski definition) is 3. The van der Waals surface area contributed by atoms with E-state index in [1.807, 2.05) is 58.1 Å². The van der Waals surface area contributed by atoms with E-state index in [4.69, 9.17) is 23.7 Å². The zero-order valence-electron chi connectivity index (χ0n) is 40.6. The Balaban J connectivity index is 1.70. The first kappa shape index (κ1) is 54.2.